The fourth-order valence-corrected chi connectivity index (χ4v) is 3.74. The van der Waals surface area contributed by atoms with Crippen LogP contribution in [0.4, 0.5) is 0 Å². The summed E-state index contributed by atoms with van der Waals surface area (Å²) in [4.78, 5) is 50.1. The molecule has 1 aliphatic heterocycles. The number of hydrogen-bond donors (Lipinski definition) is 1. The van der Waals surface area contributed by atoms with E-state index in [0.717, 1.165) is 40.3 Å². The van der Waals surface area contributed by atoms with Gasteiger partial charge in [0.05, 0.1) is 57.7 Å². The van der Waals surface area contributed by atoms with Crippen molar-refractivity contribution in [2.24, 2.45) is 23.7 Å². The number of esters is 3. The van der Waals surface area contributed by atoms with Crippen LogP contribution in [0.1, 0.15) is 12.8 Å². The molecule has 158 valence electrons. The molecule has 2 rings (SSSR count). The average molecular weight is 401 g/mol. The minimum atomic E-state index is -1.38. The lowest BCUT2D eigenvalue weighted by molar-refractivity contribution is -0.196. The summed E-state index contributed by atoms with van der Waals surface area (Å²) in [7, 11) is 2.20. The van der Waals surface area contributed by atoms with E-state index in [0.29, 0.717) is 19.6 Å². The lowest BCUT2D eigenvalue weighted by Gasteiger charge is -2.44. The predicted octanol–water partition coefficient (Wildman–Crippen LogP) is -0.449. The van der Waals surface area contributed by atoms with Crippen LogP contribution >= 0.6 is 0 Å². The summed E-state index contributed by atoms with van der Waals surface area (Å²) in [6.07, 6.45) is 1.42. The summed E-state index contributed by atoms with van der Waals surface area (Å²) < 4.78 is 19.7. The van der Waals surface area contributed by atoms with Gasteiger partial charge in [0.25, 0.3) is 0 Å². The Morgan fingerprint density at radius 3 is 1.96 bits per heavy atom. The number of ether oxygens (including phenoxy) is 4. The normalized spacial score (nSPS) is 27.4. The van der Waals surface area contributed by atoms with Gasteiger partial charge in [-0.15, -0.1) is 0 Å². The number of carboxylic acids is 1. The largest absolute Gasteiger partial charge is 0.481 e. The number of unbranched alkanes of at least 4 members (excludes halogenated alkanes) is 1. The van der Waals surface area contributed by atoms with Crippen molar-refractivity contribution in [3.8, 4) is 0 Å². The second-order valence-corrected chi connectivity index (χ2v) is 6.82. The highest BCUT2D eigenvalue weighted by Gasteiger charge is 2.65. The summed E-state index contributed by atoms with van der Waals surface area (Å²) in [6.45, 7) is 4.14. The molecule has 4 atom stereocenters. The first kappa shape index (κ1) is 22.1. The van der Waals surface area contributed by atoms with E-state index in [-0.39, 0.29) is 6.61 Å². The van der Waals surface area contributed by atoms with Gasteiger partial charge in [-0.25, -0.2) is 0 Å². The van der Waals surface area contributed by atoms with Crippen molar-refractivity contribution in [1.82, 2.24) is 4.90 Å². The molecular formula is C18H27NO9. The van der Waals surface area contributed by atoms with E-state index in [9.17, 15) is 24.3 Å². The smallest absolute Gasteiger partial charge is 0.310 e. The van der Waals surface area contributed by atoms with Gasteiger partial charge in [-0.05, 0) is 19.4 Å². The van der Waals surface area contributed by atoms with Gasteiger partial charge in [-0.3, -0.25) is 24.1 Å². The number of hydrogen-bond acceptors (Lipinski definition) is 9. The van der Waals surface area contributed by atoms with Gasteiger partial charge in [0, 0.05) is 13.1 Å². The molecule has 28 heavy (non-hydrogen) atoms. The van der Waals surface area contributed by atoms with Crippen LogP contribution in [0, 0.1) is 23.7 Å². The number of morpholine rings is 1. The van der Waals surface area contributed by atoms with E-state index in [1.807, 2.05) is 0 Å². The number of rotatable bonds is 9. The number of carboxylic acid groups (broad SMARTS) is 1. The van der Waals surface area contributed by atoms with Gasteiger partial charge in [0.15, 0.2) is 0 Å². The summed E-state index contributed by atoms with van der Waals surface area (Å²) >= 11 is 0. The Morgan fingerprint density at radius 2 is 1.43 bits per heavy atom. The van der Waals surface area contributed by atoms with E-state index < -0.39 is 47.5 Å². The van der Waals surface area contributed by atoms with Gasteiger partial charge in [0.1, 0.15) is 0 Å². The standard InChI is InChI=1S/C18H27NO9/c1-25-16(22)12-11(15(20)21)13(14(12)17(23)26-2)18(24)28-8-4-3-5-19-6-9-27-10-7-19/h11-14H,3-10H2,1-2H3,(H,20,21). The first-order valence-corrected chi connectivity index (χ1v) is 9.27. The van der Waals surface area contributed by atoms with E-state index >= 15 is 0 Å². The second kappa shape index (κ2) is 10.4. The fourth-order valence-electron chi connectivity index (χ4n) is 3.74. The van der Waals surface area contributed by atoms with Crippen molar-refractivity contribution in [3.05, 3.63) is 0 Å². The van der Waals surface area contributed by atoms with Crippen LogP contribution in [0.25, 0.3) is 0 Å². The van der Waals surface area contributed by atoms with Crippen LogP contribution < -0.4 is 0 Å². The van der Waals surface area contributed by atoms with Crippen LogP contribution in [0.2, 0.25) is 0 Å². The molecule has 1 N–H and O–H groups in total. The topological polar surface area (TPSA) is 129 Å². The molecule has 0 aromatic rings. The van der Waals surface area contributed by atoms with Crippen molar-refractivity contribution in [3.63, 3.8) is 0 Å². The maximum Gasteiger partial charge on any atom is 0.310 e. The molecule has 2 aliphatic rings. The van der Waals surface area contributed by atoms with Gasteiger partial charge in [-0.1, -0.05) is 0 Å². The molecule has 1 saturated carbocycles. The Bertz CT molecular complexity index is 588. The highest BCUT2D eigenvalue weighted by molar-refractivity contribution is 5.97. The maximum absolute atomic E-state index is 12.4. The van der Waals surface area contributed by atoms with Crippen LogP contribution in [-0.4, -0.2) is 87.6 Å². The van der Waals surface area contributed by atoms with Crippen LogP contribution in [0.15, 0.2) is 0 Å². The molecule has 10 heteroatoms. The third-order valence-electron chi connectivity index (χ3n) is 5.27. The first-order chi connectivity index (χ1) is 13.4. The average Bonchev–Trinajstić information content (AvgIpc) is 2.67. The summed E-state index contributed by atoms with van der Waals surface area (Å²) in [5, 5.41) is 9.41. The minimum absolute atomic E-state index is 0.114. The number of methoxy groups -OCH3 is 2. The zero-order chi connectivity index (χ0) is 20.7. The third kappa shape index (κ3) is 4.99. The number of aliphatic carboxylic acids is 1. The minimum Gasteiger partial charge on any atom is -0.481 e. The van der Waals surface area contributed by atoms with Gasteiger partial charge in [-0.2, -0.15) is 0 Å². The molecule has 10 nitrogen and oxygen atoms in total. The quantitative estimate of drug-likeness (QED) is 0.308. The first-order valence-electron chi connectivity index (χ1n) is 9.27. The van der Waals surface area contributed by atoms with Crippen LogP contribution in [0.5, 0.6) is 0 Å². The Morgan fingerprint density at radius 1 is 0.893 bits per heavy atom. The molecular weight excluding hydrogens is 374 g/mol. The maximum atomic E-state index is 12.4. The second-order valence-electron chi connectivity index (χ2n) is 6.82. The lowest BCUT2D eigenvalue weighted by Crippen LogP contribution is -2.60. The Kier molecular flexibility index (Phi) is 8.18. The van der Waals surface area contributed by atoms with E-state index in [1.54, 1.807) is 0 Å². The molecule has 1 aliphatic carbocycles. The van der Waals surface area contributed by atoms with Gasteiger partial charge >= 0.3 is 23.9 Å². The highest BCUT2D eigenvalue weighted by atomic mass is 16.5. The molecule has 0 aromatic carbocycles. The number of carbonyl (C=O) groups is 4. The molecule has 0 spiro atoms. The van der Waals surface area contributed by atoms with E-state index in [1.165, 1.54) is 0 Å². The molecule has 2 fully saturated rings. The Labute approximate surface area is 163 Å². The zero-order valence-electron chi connectivity index (χ0n) is 16.1. The Hall–Kier alpha value is -2.20. The molecule has 0 aromatic heterocycles. The van der Waals surface area contributed by atoms with E-state index in [4.69, 9.17) is 9.47 Å². The Balaban J connectivity index is 1.88. The van der Waals surface area contributed by atoms with Crippen LogP contribution in [-0.2, 0) is 38.1 Å². The third-order valence-corrected chi connectivity index (χ3v) is 5.27. The monoisotopic (exact) mass is 401 g/mol. The summed E-state index contributed by atoms with van der Waals surface area (Å²) in [6, 6.07) is 0. The molecule has 0 amide bonds. The van der Waals surface area contributed by atoms with Crippen molar-refractivity contribution in [2.45, 2.75) is 12.8 Å². The molecule has 1 heterocycles. The SMILES string of the molecule is COC(=O)C1C(C(=O)O)C(C(=O)OCCCCN2CCOCC2)C1C(=O)OC. The van der Waals surface area contributed by atoms with Crippen molar-refractivity contribution in [1.29, 1.82) is 0 Å². The lowest BCUT2D eigenvalue weighted by atomic mass is 9.56. The predicted molar refractivity (Wildman–Crippen MR) is 93.1 cm³/mol. The molecule has 0 bridgehead atoms. The van der Waals surface area contributed by atoms with Crippen molar-refractivity contribution >= 4 is 23.9 Å². The molecule has 4 unspecified atom stereocenters. The van der Waals surface area contributed by atoms with Gasteiger partial charge < -0.3 is 24.1 Å². The van der Waals surface area contributed by atoms with Crippen molar-refractivity contribution < 1.29 is 43.2 Å². The fraction of sp³-hybridized carbons (Fsp3) is 0.778. The van der Waals surface area contributed by atoms with Gasteiger partial charge in [0.2, 0.25) is 0 Å². The van der Waals surface area contributed by atoms with E-state index in [2.05, 4.69) is 14.4 Å². The molecule has 0 radical (unpaired) electrons. The number of carbonyl (C=O) groups excluding carboxylic acids is 3. The highest BCUT2D eigenvalue weighted by Crippen LogP contribution is 2.48. The molecule has 1 saturated heterocycles. The number of nitrogens with zero attached hydrogens (tertiary/aromatic N) is 1. The zero-order valence-corrected chi connectivity index (χ0v) is 16.1. The van der Waals surface area contributed by atoms with Crippen molar-refractivity contribution in [2.75, 3.05) is 53.7 Å². The van der Waals surface area contributed by atoms with Crippen LogP contribution in [0.3, 0.4) is 0 Å². The summed E-state index contributed by atoms with van der Waals surface area (Å²) in [5.41, 5.74) is 0. The summed E-state index contributed by atoms with van der Waals surface area (Å²) in [5.74, 6) is -9.00.